The summed E-state index contributed by atoms with van der Waals surface area (Å²) in [5.41, 5.74) is 2.04. The van der Waals surface area contributed by atoms with E-state index in [1.807, 2.05) is 0 Å². The van der Waals surface area contributed by atoms with E-state index in [0.717, 1.165) is 23.0 Å². The van der Waals surface area contributed by atoms with Gasteiger partial charge in [-0.25, -0.2) is 4.68 Å². The molecule has 0 aliphatic carbocycles. The molecule has 0 atom stereocenters. The van der Waals surface area contributed by atoms with Gasteiger partial charge < -0.3 is 0 Å². The number of hydrogen-bond acceptors (Lipinski definition) is 4. The maximum atomic E-state index is 11.0. The average Bonchev–Trinajstić information content (AvgIpc) is 2.84. The summed E-state index contributed by atoms with van der Waals surface area (Å²) in [5, 5.41) is 19.0. The normalized spacial score (nSPS) is 10.8. The first-order valence-corrected chi connectivity index (χ1v) is 7.27. The van der Waals surface area contributed by atoms with Crippen molar-refractivity contribution in [2.75, 3.05) is 5.88 Å². The van der Waals surface area contributed by atoms with Crippen LogP contribution in [0.25, 0.3) is 5.69 Å². The van der Waals surface area contributed by atoms with Crippen molar-refractivity contribution in [1.29, 1.82) is 0 Å². The van der Waals surface area contributed by atoms with Crippen LogP contribution in [0.3, 0.4) is 0 Å². The molecule has 1 aromatic carbocycles. The van der Waals surface area contributed by atoms with Gasteiger partial charge in [0.25, 0.3) is 5.69 Å². The number of aromatic nitrogens is 3. The van der Waals surface area contributed by atoms with E-state index < -0.39 is 4.92 Å². The fraction of sp³-hybridized carbons (Fsp3) is 0.333. The number of rotatable bonds is 5. The molecular weight excluding hydrogens is 348 g/mol. The number of hydrogen-bond donors (Lipinski definition) is 0. The molecule has 0 bridgehead atoms. The van der Waals surface area contributed by atoms with Crippen LogP contribution in [0.1, 0.15) is 17.7 Å². The topological polar surface area (TPSA) is 73.8 Å². The minimum absolute atomic E-state index is 0.0565. The summed E-state index contributed by atoms with van der Waals surface area (Å²) in [5.74, 6) is 0.562. The van der Waals surface area contributed by atoms with Crippen LogP contribution in [0.4, 0.5) is 5.69 Å². The molecule has 0 fully saturated rings. The molecule has 8 heteroatoms. The van der Waals surface area contributed by atoms with Crippen molar-refractivity contribution >= 4 is 33.2 Å². The fourth-order valence-electron chi connectivity index (χ4n) is 1.80. The summed E-state index contributed by atoms with van der Waals surface area (Å²) < 4.78 is 2.26. The highest BCUT2D eigenvalue weighted by Gasteiger charge is 2.16. The van der Waals surface area contributed by atoms with Gasteiger partial charge >= 0.3 is 0 Å². The zero-order chi connectivity index (χ0) is 14.7. The van der Waals surface area contributed by atoms with Gasteiger partial charge in [0, 0.05) is 22.0 Å². The van der Waals surface area contributed by atoms with Crippen LogP contribution in [0.5, 0.6) is 0 Å². The summed E-state index contributed by atoms with van der Waals surface area (Å²) in [6.45, 7) is 1.69. The van der Waals surface area contributed by atoms with Crippen molar-refractivity contribution in [3.05, 3.63) is 44.2 Å². The Hall–Kier alpha value is -1.47. The van der Waals surface area contributed by atoms with Gasteiger partial charge in [-0.3, -0.25) is 10.1 Å². The molecule has 0 aliphatic rings. The molecule has 0 saturated heterocycles. The smallest absolute Gasteiger partial charge is 0.258 e. The van der Waals surface area contributed by atoms with Gasteiger partial charge in [-0.1, -0.05) is 5.21 Å². The predicted molar refractivity (Wildman–Crippen MR) is 79.5 cm³/mol. The third kappa shape index (κ3) is 3.16. The molecule has 0 saturated carbocycles. The molecular formula is C12H12BrClN4O2. The molecule has 1 heterocycles. The molecule has 0 spiro atoms. The first-order chi connectivity index (χ1) is 9.52. The molecule has 0 aliphatic heterocycles. The summed E-state index contributed by atoms with van der Waals surface area (Å²) in [6.07, 6.45) is 3.30. The molecule has 2 rings (SSSR count). The molecule has 2 aromatic rings. The lowest BCUT2D eigenvalue weighted by Gasteiger charge is -2.05. The third-order valence-electron chi connectivity index (χ3n) is 2.82. The molecule has 0 N–H and O–H groups in total. The highest BCUT2D eigenvalue weighted by molar-refractivity contribution is 9.10. The summed E-state index contributed by atoms with van der Waals surface area (Å²) in [4.78, 5) is 10.6. The van der Waals surface area contributed by atoms with Crippen LogP contribution in [0, 0.1) is 17.0 Å². The average molecular weight is 360 g/mol. The van der Waals surface area contributed by atoms with Gasteiger partial charge in [-0.2, -0.15) is 0 Å². The Morgan fingerprint density at radius 2 is 2.25 bits per heavy atom. The Morgan fingerprint density at radius 1 is 1.50 bits per heavy atom. The van der Waals surface area contributed by atoms with Gasteiger partial charge in [-0.05, 0) is 41.8 Å². The molecule has 0 amide bonds. The zero-order valence-electron chi connectivity index (χ0n) is 10.7. The summed E-state index contributed by atoms with van der Waals surface area (Å²) in [7, 11) is 0. The Morgan fingerprint density at radius 3 is 2.90 bits per heavy atom. The van der Waals surface area contributed by atoms with Crippen LogP contribution in [0.15, 0.2) is 22.8 Å². The fourth-order valence-corrected chi connectivity index (χ4v) is 2.57. The minimum Gasteiger partial charge on any atom is -0.258 e. The van der Waals surface area contributed by atoms with Gasteiger partial charge in [0.05, 0.1) is 22.5 Å². The quantitative estimate of drug-likeness (QED) is 0.466. The monoisotopic (exact) mass is 358 g/mol. The van der Waals surface area contributed by atoms with E-state index in [-0.39, 0.29) is 5.69 Å². The number of nitro groups is 1. The largest absolute Gasteiger partial charge is 0.274 e. The lowest BCUT2D eigenvalue weighted by Crippen LogP contribution is -2.00. The highest BCUT2D eigenvalue weighted by atomic mass is 79.9. The van der Waals surface area contributed by atoms with Gasteiger partial charge in [0.15, 0.2) is 0 Å². The molecule has 0 unspecified atom stereocenters. The Kier molecular flexibility index (Phi) is 4.72. The zero-order valence-corrected chi connectivity index (χ0v) is 13.1. The van der Waals surface area contributed by atoms with Gasteiger partial charge in [-0.15, -0.1) is 16.7 Å². The van der Waals surface area contributed by atoms with Crippen molar-refractivity contribution < 1.29 is 4.92 Å². The number of halogens is 2. The second-order valence-electron chi connectivity index (χ2n) is 4.29. The number of aryl methyl sites for hydroxylation is 2. The van der Waals surface area contributed by atoms with E-state index in [0.29, 0.717) is 17.1 Å². The van der Waals surface area contributed by atoms with Crippen LogP contribution >= 0.6 is 27.5 Å². The molecule has 1 aromatic heterocycles. The maximum absolute atomic E-state index is 11.0. The van der Waals surface area contributed by atoms with Crippen molar-refractivity contribution in [2.45, 2.75) is 19.8 Å². The lowest BCUT2D eigenvalue weighted by atomic mass is 10.2. The van der Waals surface area contributed by atoms with E-state index in [9.17, 15) is 10.1 Å². The van der Waals surface area contributed by atoms with Crippen molar-refractivity contribution in [3.8, 4) is 5.69 Å². The minimum atomic E-state index is -0.406. The first-order valence-electron chi connectivity index (χ1n) is 5.95. The van der Waals surface area contributed by atoms with E-state index in [2.05, 4.69) is 26.2 Å². The Balaban J connectivity index is 2.39. The van der Waals surface area contributed by atoms with E-state index in [1.54, 1.807) is 19.2 Å². The lowest BCUT2D eigenvalue weighted by molar-refractivity contribution is -0.385. The summed E-state index contributed by atoms with van der Waals surface area (Å²) in [6, 6.07) is 3.19. The van der Waals surface area contributed by atoms with Crippen molar-refractivity contribution in [3.63, 3.8) is 0 Å². The van der Waals surface area contributed by atoms with Crippen LogP contribution in [0.2, 0.25) is 0 Å². The highest BCUT2D eigenvalue weighted by Crippen LogP contribution is 2.29. The van der Waals surface area contributed by atoms with E-state index in [1.165, 1.54) is 10.7 Å². The van der Waals surface area contributed by atoms with Gasteiger partial charge in [0.1, 0.15) is 0 Å². The number of nitro benzene ring substituents is 1. The first kappa shape index (κ1) is 14.9. The molecule has 0 radical (unpaired) electrons. The van der Waals surface area contributed by atoms with Gasteiger partial charge in [0.2, 0.25) is 0 Å². The number of alkyl halides is 1. The van der Waals surface area contributed by atoms with Crippen LogP contribution < -0.4 is 0 Å². The predicted octanol–water partition coefficient (Wildman–Crippen LogP) is 3.42. The number of benzene rings is 1. The summed E-state index contributed by atoms with van der Waals surface area (Å²) >= 11 is 9.03. The third-order valence-corrected chi connectivity index (χ3v) is 3.72. The van der Waals surface area contributed by atoms with Crippen molar-refractivity contribution in [2.24, 2.45) is 0 Å². The van der Waals surface area contributed by atoms with E-state index in [4.69, 9.17) is 11.6 Å². The van der Waals surface area contributed by atoms with Crippen LogP contribution in [-0.2, 0) is 6.42 Å². The molecule has 20 heavy (non-hydrogen) atoms. The Bertz CT molecular complexity index is 644. The maximum Gasteiger partial charge on any atom is 0.274 e. The Labute approximate surface area is 129 Å². The SMILES string of the molecule is Cc1cc(Br)c(-n2cc(CCCCl)nn2)cc1[N+](=O)[O-]. The van der Waals surface area contributed by atoms with Crippen LogP contribution in [-0.4, -0.2) is 25.8 Å². The second kappa shape index (κ2) is 6.32. The standard InChI is InChI=1S/C12H12BrClN4O2/c1-8-5-10(13)12(6-11(8)18(19)20)17-7-9(15-16-17)3-2-4-14/h5-7H,2-4H2,1H3. The molecule has 106 valence electrons. The number of nitrogens with zero attached hydrogens (tertiary/aromatic N) is 4. The van der Waals surface area contributed by atoms with E-state index >= 15 is 0 Å². The molecule has 6 nitrogen and oxygen atoms in total. The second-order valence-corrected chi connectivity index (χ2v) is 5.53. The van der Waals surface area contributed by atoms with Crippen molar-refractivity contribution in [1.82, 2.24) is 15.0 Å².